The number of carbonyl (C=O) groups excluding carboxylic acids is 1. The summed E-state index contributed by atoms with van der Waals surface area (Å²) >= 11 is 19.0. The lowest BCUT2D eigenvalue weighted by Crippen LogP contribution is -2.41. The SMILES string of the molecule is Cc1ccc(C(=O)N[C@H](Sc2ccc([N+](=O)[O-])cc2)C(Cl)(Cl)Cl)cc1. The second-order valence-electron chi connectivity index (χ2n) is 5.13. The van der Waals surface area contributed by atoms with Gasteiger partial charge >= 0.3 is 0 Å². The van der Waals surface area contributed by atoms with Crippen molar-refractivity contribution in [3.63, 3.8) is 0 Å². The van der Waals surface area contributed by atoms with Gasteiger partial charge in [-0.15, -0.1) is 0 Å². The minimum absolute atomic E-state index is 0.0431. The molecule has 1 amide bonds. The first-order chi connectivity index (χ1) is 11.7. The van der Waals surface area contributed by atoms with E-state index in [1.165, 1.54) is 24.3 Å². The molecule has 2 rings (SSSR count). The molecule has 25 heavy (non-hydrogen) atoms. The maximum atomic E-state index is 12.4. The van der Waals surface area contributed by atoms with Gasteiger partial charge in [0.05, 0.1) is 4.92 Å². The quantitative estimate of drug-likeness (QED) is 0.240. The van der Waals surface area contributed by atoms with E-state index in [9.17, 15) is 14.9 Å². The molecule has 0 spiro atoms. The molecule has 0 unspecified atom stereocenters. The number of aryl methyl sites for hydroxylation is 1. The number of hydrogen-bond acceptors (Lipinski definition) is 4. The monoisotopic (exact) mass is 418 g/mol. The van der Waals surface area contributed by atoms with E-state index in [0.29, 0.717) is 10.5 Å². The third kappa shape index (κ3) is 5.78. The molecule has 0 heterocycles. The Morgan fingerprint density at radius 2 is 1.68 bits per heavy atom. The van der Waals surface area contributed by atoms with Crippen LogP contribution in [0.5, 0.6) is 0 Å². The van der Waals surface area contributed by atoms with Gasteiger partial charge in [-0.05, 0) is 31.2 Å². The molecule has 2 aromatic carbocycles. The first-order valence-electron chi connectivity index (χ1n) is 7.02. The van der Waals surface area contributed by atoms with Gasteiger partial charge in [-0.3, -0.25) is 14.9 Å². The largest absolute Gasteiger partial charge is 0.336 e. The van der Waals surface area contributed by atoms with E-state index in [1.807, 2.05) is 19.1 Å². The maximum absolute atomic E-state index is 12.4. The Labute approximate surface area is 163 Å². The third-order valence-electron chi connectivity index (χ3n) is 3.17. The average Bonchev–Trinajstić information content (AvgIpc) is 2.54. The molecular weight excluding hydrogens is 407 g/mol. The first-order valence-corrected chi connectivity index (χ1v) is 9.03. The zero-order valence-electron chi connectivity index (χ0n) is 12.9. The standard InChI is InChI=1S/C16H13Cl3N2O3S/c1-10-2-4-11(5-3-10)14(22)20-15(16(17,18)19)25-13-8-6-12(7-9-13)21(23)24/h2-9,15H,1H3,(H,20,22)/t15-/m1/s1. The first kappa shape index (κ1) is 19.8. The van der Waals surface area contributed by atoms with Crippen molar-refractivity contribution in [2.45, 2.75) is 21.0 Å². The number of halogens is 3. The molecule has 0 aliphatic carbocycles. The molecule has 9 heteroatoms. The fraction of sp³-hybridized carbons (Fsp3) is 0.188. The van der Waals surface area contributed by atoms with Crippen LogP contribution < -0.4 is 5.32 Å². The Bertz CT molecular complexity index is 762. The molecule has 0 aliphatic heterocycles. The van der Waals surface area contributed by atoms with Crippen LogP contribution in [0.3, 0.4) is 0 Å². The lowest BCUT2D eigenvalue weighted by atomic mass is 10.1. The molecule has 1 atom stereocenters. The molecule has 0 radical (unpaired) electrons. The number of benzene rings is 2. The lowest BCUT2D eigenvalue weighted by molar-refractivity contribution is -0.384. The van der Waals surface area contributed by atoms with Crippen LogP contribution in [0, 0.1) is 17.0 Å². The highest BCUT2D eigenvalue weighted by atomic mass is 35.6. The Kier molecular flexibility index (Phi) is 6.57. The van der Waals surface area contributed by atoms with Gasteiger partial charge in [0.15, 0.2) is 0 Å². The number of alkyl halides is 3. The fourth-order valence-electron chi connectivity index (χ4n) is 1.87. The Balaban J connectivity index is 2.15. The number of nitro groups is 1. The summed E-state index contributed by atoms with van der Waals surface area (Å²) in [7, 11) is 0. The molecule has 0 aliphatic rings. The zero-order valence-corrected chi connectivity index (χ0v) is 16.0. The van der Waals surface area contributed by atoms with Gasteiger partial charge in [-0.1, -0.05) is 64.3 Å². The smallest absolute Gasteiger partial charge is 0.269 e. The number of hydrogen-bond donors (Lipinski definition) is 1. The van der Waals surface area contributed by atoms with Crippen molar-refractivity contribution in [1.29, 1.82) is 0 Å². The van der Waals surface area contributed by atoms with Crippen LogP contribution in [0.4, 0.5) is 5.69 Å². The van der Waals surface area contributed by atoms with Crippen molar-refractivity contribution < 1.29 is 9.72 Å². The Hall–Kier alpha value is -1.47. The highest BCUT2D eigenvalue weighted by Gasteiger charge is 2.35. The van der Waals surface area contributed by atoms with Gasteiger partial charge < -0.3 is 5.32 Å². The number of rotatable bonds is 5. The number of nitro benzene ring substituents is 1. The molecular formula is C16H13Cl3N2O3S. The van der Waals surface area contributed by atoms with Crippen LogP contribution in [0.15, 0.2) is 53.4 Å². The molecule has 132 valence electrons. The Morgan fingerprint density at radius 3 is 2.16 bits per heavy atom. The molecule has 5 nitrogen and oxygen atoms in total. The van der Waals surface area contributed by atoms with Crippen molar-refractivity contribution in [2.24, 2.45) is 0 Å². The van der Waals surface area contributed by atoms with E-state index < -0.39 is 14.1 Å². The van der Waals surface area contributed by atoms with Crippen LogP contribution >= 0.6 is 46.6 Å². The molecule has 0 bridgehead atoms. The molecule has 1 N–H and O–H groups in total. The average molecular weight is 420 g/mol. The Morgan fingerprint density at radius 1 is 1.12 bits per heavy atom. The summed E-state index contributed by atoms with van der Waals surface area (Å²) < 4.78 is -1.77. The summed E-state index contributed by atoms with van der Waals surface area (Å²) in [5.41, 5.74) is 1.42. The summed E-state index contributed by atoms with van der Waals surface area (Å²) in [4.78, 5) is 23.2. The van der Waals surface area contributed by atoms with E-state index in [-0.39, 0.29) is 11.6 Å². The van der Waals surface area contributed by atoms with Gasteiger partial charge in [0.1, 0.15) is 5.37 Å². The predicted octanol–water partition coefficient (Wildman–Crippen LogP) is 5.12. The summed E-state index contributed by atoms with van der Waals surface area (Å²) in [5.74, 6) is -0.384. The van der Waals surface area contributed by atoms with E-state index in [1.54, 1.807) is 12.1 Å². The third-order valence-corrected chi connectivity index (χ3v) is 5.47. The number of nitrogens with zero attached hydrogens (tertiary/aromatic N) is 1. The summed E-state index contributed by atoms with van der Waals surface area (Å²) in [5, 5.41) is 12.5. The van der Waals surface area contributed by atoms with Crippen LogP contribution in [-0.4, -0.2) is 20.0 Å². The van der Waals surface area contributed by atoms with Crippen molar-refractivity contribution in [1.82, 2.24) is 5.32 Å². The zero-order chi connectivity index (χ0) is 18.6. The van der Waals surface area contributed by atoms with Crippen LogP contribution in [0.25, 0.3) is 0 Å². The van der Waals surface area contributed by atoms with Gasteiger partial charge in [-0.2, -0.15) is 0 Å². The number of carbonyl (C=O) groups is 1. The van der Waals surface area contributed by atoms with E-state index in [4.69, 9.17) is 34.8 Å². The van der Waals surface area contributed by atoms with Gasteiger partial charge in [-0.25, -0.2) is 0 Å². The lowest BCUT2D eigenvalue weighted by Gasteiger charge is -2.25. The normalized spacial score (nSPS) is 12.5. The number of amides is 1. The molecule has 0 fully saturated rings. The van der Waals surface area contributed by atoms with E-state index >= 15 is 0 Å². The van der Waals surface area contributed by atoms with Gasteiger partial charge in [0.25, 0.3) is 11.6 Å². The maximum Gasteiger partial charge on any atom is 0.269 e. The molecule has 0 saturated carbocycles. The topological polar surface area (TPSA) is 72.2 Å². The number of nitrogens with one attached hydrogen (secondary N) is 1. The van der Waals surface area contributed by atoms with Crippen LogP contribution in [0.1, 0.15) is 15.9 Å². The highest BCUT2D eigenvalue weighted by molar-refractivity contribution is 8.00. The highest BCUT2D eigenvalue weighted by Crippen LogP contribution is 2.39. The number of thioether (sulfide) groups is 1. The summed E-state index contributed by atoms with van der Waals surface area (Å²) in [6, 6.07) is 12.7. The van der Waals surface area contributed by atoms with Crippen molar-refractivity contribution in [3.05, 3.63) is 69.8 Å². The van der Waals surface area contributed by atoms with Crippen molar-refractivity contribution >= 4 is 58.2 Å². The predicted molar refractivity (Wildman–Crippen MR) is 102 cm³/mol. The second kappa shape index (κ2) is 8.27. The molecule has 2 aromatic rings. The van der Waals surface area contributed by atoms with E-state index in [0.717, 1.165) is 17.3 Å². The van der Waals surface area contributed by atoms with Crippen molar-refractivity contribution in [2.75, 3.05) is 0 Å². The van der Waals surface area contributed by atoms with Crippen LogP contribution in [-0.2, 0) is 0 Å². The molecule has 0 saturated heterocycles. The van der Waals surface area contributed by atoms with Crippen LogP contribution in [0.2, 0.25) is 0 Å². The minimum Gasteiger partial charge on any atom is -0.336 e. The summed E-state index contributed by atoms with van der Waals surface area (Å²) in [6.07, 6.45) is 0. The van der Waals surface area contributed by atoms with E-state index in [2.05, 4.69) is 5.32 Å². The second-order valence-corrected chi connectivity index (χ2v) is 8.68. The fourth-order valence-corrected chi connectivity index (χ4v) is 3.30. The van der Waals surface area contributed by atoms with Crippen molar-refractivity contribution in [3.8, 4) is 0 Å². The van der Waals surface area contributed by atoms with Gasteiger partial charge in [0.2, 0.25) is 3.79 Å². The van der Waals surface area contributed by atoms with Gasteiger partial charge in [0, 0.05) is 22.6 Å². The summed E-state index contributed by atoms with van der Waals surface area (Å²) in [6.45, 7) is 1.91. The number of non-ortho nitro benzene ring substituents is 1. The molecule has 0 aromatic heterocycles. The minimum atomic E-state index is -1.77.